The Kier molecular flexibility index (Phi) is 3.67. The first-order chi connectivity index (χ1) is 12.6. The van der Waals surface area contributed by atoms with Crippen LogP contribution in [0.25, 0.3) is 0 Å². The molecule has 2 bridgehead atoms. The minimum atomic E-state index is 0.256. The zero-order chi connectivity index (χ0) is 17.7. The molecule has 7 nitrogen and oxygen atoms in total. The van der Waals surface area contributed by atoms with Crippen molar-refractivity contribution in [3.63, 3.8) is 0 Å². The van der Waals surface area contributed by atoms with Gasteiger partial charge in [0.25, 0.3) is 0 Å². The molecular weight excluding hydrogens is 328 g/mol. The standard InChI is InChI=1S/C19H26N6O/c1-12(26-2)19-8-13(9-19)10-25(11-19)18-20-6-5-16(22-18)21-17-7-15(23-24-17)14-3-4-14/h5-7,12-14H,3-4,8-11H2,1-2H3,(H2,20,21,22,23,24). The van der Waals surface area contributed by atoms with Gasteiger partial charge >= 0.3 is 0 Å². The summed E-state index contributed by atoms with van der Waals surface area (Å²) in [5.41, 5.74) is 1.47. The average Bonchev–Trinajstić information content (AvgIpc) is 3.40. The number of aromatic nitrogens is 4. The Hall–Kier alpha value is -2.15. The summed E-state index contributed by atoms with van der Waals surface area (Å²) in [5, 5.41) is 10.8. The predicted octanol–water partition coefficient (Wildman–Crippen LogP) is 3.07. The van der Waals surface area contributed by atoms with E-state index in [2.05, 4.69) is 38.4 Å². The molecule has 4 fully saturated rings. The maximum atomic E-state index is 5.65. The SMILES string of the molecule is COC(C)C12CC(CN(c3nccc(Nc4cc(C5CC5)[nH]n4)n3)C1)C2. The van der Waals surface area contributed by atoms with E-state index in [0.717, 1.165) is 36.6 Å². The van der Waals surface area contributed by atoms with Crippen molar-refractivity contribution in [1.82, 2.24) is 20.2 Å². The summed E-state index contributed by atoms with van der Waals surface area (Å²) in [7, 11) is 1.81. The predicted molar refractivity (Wildman–Crippen MR) is 99.7 cm³/mol. The number of rotatable bonds is 6. The Labute approximate surface area is 153 Å². The molecule has 2 N–H and O–H groups in total. The summed E-state index contributed by atoms with van der Waals surface area (Å²) in [6.45, 7) is 4.19. The minimum Gasteiger partial charge on any atom is -0.381 e. The van der Waals surface area contributed by atoms with Crippen molar-refractivity contribution in [2.75, 3.05) is 30.4 Å². The molecule has 138 valence electrons. The van der Waals surface area contributed by atoms with E-state index in [4.69, 9.17) is 9.72 Å². The van der Waals surface area contributed by atoms with Gasteiger partial charge in [0.05, 0.1) is 6.10 Å². The van der Waals surface area contributed by atoms with Crippen LogP contribution in [0.5, 0.6) is 0 Å². The monoisotopic (exact) mass is 354 g/mol. The Bertz CT molecular complexity index is 795. The molecule has 2 saturated carbocycles. The first-order valence-electron chi connectivity index (χ1n) is 9.58. The molecule has 4 aliphatic rings. The van der Waals surface area contributed by atoms with Crippen LogP contribution < -0.4 is 10.2 Å². The number of ether oxygens (including phenoxy) is 1. The number of hydrogen-bond acceptors (Lipinski definition) is 6. The van der Waals surface area contributed by atoms with Gasteiger partial charge < -0.3 is 15.0 Å². The molecule has 0 aromatic carbocycles. The summed E-state index contributed by atoms with van der Waals surface area (Å²) < 4.78 is 5.65. The number of methoxy groups -OCH3 is 1. The smallest absolute Gasteiger partial charge is 0.227 e. The van der Waals surface area contributed by atoms with Crippen LogP contribution in [0.1, 0.15) is 44.2 Å². The van der Waals surface area contributed by atoms with E-state index in [1.165, 1.54) is 31.4 Å². The fourth-order valence-corrected chi connectivity index (χ4v) is 4.67. The second kappa shape index (κ2) is 5.94. The van der Waals surface area contributed by atoms with E-state index in [-0.39, 0.29) is 11.5 Å². The van der Waals surface area contributed by atoms with E-state index < -0.39 is 0 Å². The highest BCUT2D eigenvalue weighted by molar-refractivity contribution is 5.54. The summed E-state index contributed by atoms with van der Waals surface area (Å²) >= 11 is 0. The van der Waals surface area contributed by atoms with Gasteiger partial charge in [0.2, 0.25) is 5.95 Å². The lowest BCUT2D eigenvalue weighted by molar-refractivity contribution is -0.0902. The first-order valence-corrected chi connectivity index (χ1v) is 9.58. The maximum Gasteiger partial charge on any atom is 0.227 e. The van der Waals surface area contributed by atoms with Crippen LogP contribution in [0.4, 0.5) is 17.6 Å². The van der Waals surface area contributed by atoms with Crippen molar-refractivity contribution in [3.05, 3.63) is 24.0 Å². The van der Waals surface area contributed by atoms with Gasteiger partial charge in [-0.2, -0.15) is 10.1 Å². The maximum absolute atomic E-state index is 5.65. The van der Waals surface area contributed by atoms with E-state index in [0.29, 0.717) is 5.92 Å². The van der Waals surface area contributed by atoms with E-state index in [1.54, 1.807) is 0 Å². The molecule has 0 radical (unpaired) electrons. The molecule has 7 heteroatoms. The molecule has 6 rings (SSSR count). The van der Waals surface area contributed by atoms with Crippen molar-refractivity contribution in [3.8, 4) is 0 Å². The molecular formula is C19H26N6O. The molecule has 2 aliphatic heterocycles. The van der Waals surface area contributed by atoms with Gasteiger partial charge in [-0.25, -0.2) is 4.98 Å². The Morgan fingerprint density at radius 1 is 1.35 bits per heavy atom. The fraction of sp³-hybridized carbons (Fsp3) is 0.632. The average molecular weight is 354 g/mol. The highest BCUT2D eigenvalue weighted by atomic mass is 16.5. The third-order valence-corrected chi connectivity index (χ3v) is 6.39. The molecule has 4 heterocycles. The number of nitrogens with one attached hydrogen (secondary N) is 2. The fourth-order valence-electron chi connectivity index (χ4n) is 4.67. The topological polar surface area (TPSA) is 79.0 Å². The van der Waals surface area contributed by atoms with Gasteiger partial charge in [-0.15, -0.1) is 0 Å². The lowest BCUT2D eigenvalue weighted by Crippen LogP contribution is -2.61. The lowest BCUT2D eigenvalue weighted by Gasteiger charge is -2.58. The zero-order valence-electron chi connectivity index (χ0n) is 15.4. The van der Waals surface area contributed by atoms with E-state index >= 15 is 0 Å². The number of H-pyrrole nitrogens is 1. The number of piperidine rings is 2. The number of anilines is 3. The quantitative estimate of drug-likeness (QED) is 0.830. The number of nitrogens with zero attached hydrogens (tertiary/aromatic N) is 4. The Morgan fingerprint density at radius 2 is 2.19 bits per heavy atom. The van der Waals surface area contributed by atoms with Crippen molar-refractivity contribution >= 4 is 17.6 Å². The van der Waals surface area contributed by atoms with E-state index in [9.17, 15) is 0 Å². The number of aromatic amines is 1. The molecule has 1 atom stereocenters. The Balaban J connectivity index is 1.31. The van der Waals surface area contributed by atoms with E-state index in [1.807, 2.05) is 19.4 Å². The largest absolute Gasteiger partial charge is 0.381 e. The van der Waals surface area contributed by atoms with Crippen LogP contribution in [-0.4, -0.2) is 46.5 Å². The lowest BCUT2D eigenvalue weighted by atomic mass is 9.56. The summed E-state index contributed by atoms with van der Waals surface area (Å²) in [6.07, 6.45) is 7.13. The number of fused-ring (bicyclic) bond motifs is 2. The third-order valence-electron chi connectivity index (χ3n) is 6.39. The zero-order valence-corrected chi connectivity index (χ0v) is 15.4. The van der Waals surface area contributed by atoms with Crippen molar-refractivity contribution < 1.29 is 4.74 Å². The van der Waals surface area contributed by atoms with Gasteiger partial charge in [-0.1, -0.05) is 0 Å². The van der Waals surface area contributed by atoms with Crippen LogP contribution in [0.15, 0.2) is 18.3 Å². The molecule has 2 saturated heterocycles. The van der Waals surface area contributed by atoms with Crippen LogP contribution >= 0.6 is 0 Å². The van der Waals surface area contributed by atoms with Gasteiger partial charge in [0.15, 0.2) is 5.82 Å². The normalized spacial score (nSPS) is 28.5. The van der Waals surface area contributed by atoms with Gasteiger partial charge in [0, 0.05) is 49.5 Å². The Morgan fingerprint density at radius 3 is 2.96 bits per heavy atom. The summed E-state index contributed by atoms with van der Waals surface area (Å²) in [6, 6.07) is 3.98. The molecule has 2 aliphatic carbocycles. The summed E-state index contributed by atoms with van der Waals surface area (Å²) in [5.74, 6) is 3.80. The van der Waals surface area contributed by atoms with Crippen LogP contribution in [0.3, 0.4) is 0 Å². The van der Waals surface area contributed by atoms with Gasteiger partial charge in [-0.3, -0.25) is 5.10 Å². The van der Waals surface area contributed by atoms with Crippen molar-refractivity contribution in [1.29, 1.82) is 0 Å². The molecule has 2 aromatic heterocycles. The molecule has 1 unspecified atom stereocenters. The first kappa shape index (κ1) is 16.1. The highest BCUT2D eigenvalue weighted by Gasteiger charge is 2.53. The second-order valence-electron chi connectivity index (χ2n) is 8.24. The molecule has 26 heavy (non-hydrogen) atoms. The van der Waals surface area contributed by atoms with Gasteiger partial charge in [0.1, 0.15) is 5.82 Å². The van der Waals surface area contributed by atoms with Crippen LogP contribution in [0, 0.1) is 11.3 Å². The third kappa shape index (κ3) is 2.74. The number of hydrogen-bond donors (Lipinski definition) is 2. The molecule has 2 aromatic rings. The molecule has 0 spiro atoms. The van der Waals surface area contributed by atoms with Gasteiger partial charge in [-0.05, 0) is 44.6 Å². The minimum absolute atomic E-state index is 0.256. The molecule has 0 amide bonds. The highest BCUT2D eigenvalue weighted by Crippen LogP contribution is 2.53. The van der Waals surface area contributed by atoms with Crippen molar-refractivity contribution in [2.24, 2.45) is 11.3 Å². The van der Waals surface area contributed by atoms with Crippen LogP contribution in [0.2, 0.25) is 0 Å². The van der Waals surface area contributed by atoms with Crippen LogP contribution in [-0.2, 0) is 4.74 Å². The second-order valence-corrected chi connectivity index (χ2v) is 8.24. The van der Waals surface area contributed by atoms with Crippen molar-refractivity contribution in [2.45, 2.75) is 44.6 Å². The summed E-state index contributed by atoms with van der Waals surface area (Å²) in [4.78, 5) is 11.6.